The molecule has 3 rings (SSSR count). The molecule has 0 saturated heterocycles. The Bertz CT molecular complexity index is 780. The van der Waals surface area contributed by atoms with E-state index in [9.17, 15) is 13.2 Å². The average Bonchev–Trinajstić information content (AvgIpc) is 2.86. The molecular formula is C13H13N3O3S. The van der Waals surface area contributed by atoms with Crippen LogP contribution in [0.3, 0.4) is 0 Å². The first kappa shape index (κ1) is 12.9. The molecular weight excluding hydrogens is 278 g/mol. The third-order valence-corrected chi connectivity index (χ3v) is 5.23. The van der Waals surface area contributed by atoms with E-state index < -0.39 is 10.0 Å². The fourth-order valence-corrected chi connectivity index (χ4v) is 3.95. The van der Waals surface area contributed by atoms with E-state index in [1.165, 1.54) is 21.3 Å². The Labute approximate surface area is 116 Å². The van der Waals surface area contributed by atoms with Gasteiger partial charge in [-0.25, -0.2) is 0 Å². The number of hydrogen-bond donors (Lipinski definition) is 0. The smallest absolute Gasteiger partial charge is 0.281 e. The first-order chi connectivity index (χ1) is 9.51. The topological polar surface area (TPSA) is 72.3 Å². The van der Waals surface area contributed by atoms with Crippen molar-refractivity contribution in [3.05, 3.63) is 42.1 Å². The summed E-state index contributed by atoms with van der Waals surface area (Å²) in [5.74, 6) is -0.0305. The van der Waals surface area contributed by atoms with E-state index >= 15 is 0 Å². The number of Topliss-reactive ketones (excluding diaryl/α,β-unsaturated/α-hetero) is 1. The predicted molar refractivity (Wildman–Crippen MR) is 73.1 cm³/mol. The number of carbonyl (C=O) groups excluding carboxylic acids is 1. The highest BCUT2D eigenvalue weighted by Gasteiger charge is 2.33. The number of para-hydroxylation sites is 1. The lowest BCUT2D eigenvalue weighted by molar-refractivity contribution is 0.0982. The van der Waals surface area contributed by atoms with Crippen LogP contribution in [0.25, 0.3) is 0 Å². The molecule has 0 bridgehead atoms. The molecule has 7 heteroatoms. The molecule has 0 radical (unpaired) electrons. The molecule has 1 aliphatic heterocycles. The van der Waals surface area contributed by atoms with Gasteiger partial charge in [0.15, 0.2) is 10.8 Å². The molecule has 20 heavy (non-hydrogen) atoms. The lowest BCUT2D eigenvalue weighted by atomic mass is 10.0. The Morgan fingerprint density at radius 1 is 1.20 bits per heavy atom. The fourth-order valence-electron chi connectivity index (χ4n) is 2.36. The Morgan fingerprint density at radius 2 is 1.95 bits per heavy atom. The summed E-state index contributed by atoms with van der Waals surface area (Å²) in [5.41, 5.74) is 0.884. The van der Waals surface area contributed by atoms with Gasteiger partial charge in [-0.3, -0.25) is 13.8 Å². The van der Waals surface area contributed by atoms with Crippen molar-refractivity contribution < 1.29 is 13.2 Å². The maximum atomic E-state index is 12.7. The van der Waals surface area contributed by atoms with Crippen molar-refractivity contribution in [1.29, 1.82) is 0 Å². The second-order valence-corrected chi connectivity index (χ2v) is 6.37. The van der Waals surface area contributed by atoms with Gasteiger partial charge < -0.3 is 0 Å². The number of sulfonamides is 1. The van der Waals surface area contributed by atoms with Crippen LogP contribution >= 0.6 is 0 Å². The van der Waals surface area contributed by atoms with Crippen LogP contribution in [0.4, 0.5) is 5.69 Å². The predicted octanol–water partition coefficient (Wildman–Crippen LogP) is 1.20. The van der Waals surface area contributed by atoms with Crippen molar-refractivity contribution in [2.45, 2.75) is 11.4 Å². The summed E-state index contributed by atoms with van der Waals surface area (Å²) in [5, 5.41) is 4.01. The summed E-state index contributed by atoms with van der Waals surface area (Å²) in [6.07, 6.45) is 1.63. The molecule has 0 saturated carbocycles. The van der Waals surface area contributed by atoms with Gasteiger partial charge in [-0.05, 0) is 18.2 Å². The molecule has 0 unspecified atom stereocenters. The second-order valence-electron chi connectivity index (χ2n) is 4.56. The van der Waals surface area contributed by atoms with Crippen molar-refractivity contribution in [3.8, 4) is 0 Å². The van der Waals surface area contributed by atoms with Gasteiger partial charge in [0.2, 0.25) is 0 Å². The zero-order chi connectivity index (χ0) is 14.3. The Hall–Kier alpha value is -2.15. The van der Waals surface area contributed by atoms with Crippen molar-refractivity contribution in [2.24, 2.45) is 7.05 Å². The molecule has 0 aliphatic carbocycles. The zero-order valence-electron chi connectivity index (χ0n) is 10.9. The van der Waals surface area contributed by atoms with E-state index in [0.29, 0.717) is 11.3 Å². The third-order valence-electron chi connectivity index (χ3n) is 3.35. The van der Waals surface area contributed by atoms with Gasteiger partial charge in [0, 0.05) is 25.6 Å². The molecule has 0 amide bonds. The maximum Gasteiger partial charge on any atom is 0.281 e. The number of hydrogen-bond acceptors (Lipinski definition) is 4. The molecule has 104 valence electrons. The summed E-state index contributed by atoms with van der Waals surface area (Å²) in [4.78, 5) is 11.9. The Morgan fingerprint density at radius 3 is 2.65 bits per heavy atom. The number of fused-ring (bicyclic) bond motifs is 1. The molecule has 0 spiro atoms. The molecule has 6 nitrogen and oxygen atoms in total. The number of aryl methyl sites for hydroxylation is 1. The van der Waals surface area contributed by atoms with E-state index in [0.717, 1.165) is 0 Å². The highest BCUT2D eigenvalue weighted by molar-refractivity contribution is 7.92. The standard InChI is InChI=1S/C13H13N3O3S/c1-15-13(6-8-14-15)20(18,19)16-9-7-12(17)10-4-2-3-5-11(10)16/h2-6,8H,7,9H2,1H3. The SMILES string of the molecule is Cn1nccc1S(=O)(=O)N1CCC(=O)c2ccccc21. The van der Waals surface area contributed by atoms with E-state index in [1.807, 2.05) is 0 Å². The van der Waals surface area contributed by atoms with Crippen LogP contribution in [-0.4, -0.2) is 30.5 Å². The molecule has 1 aromatic heterocycles. The second kappa shape index (κ2) is 4.45. The van der Waals surface area contributed by atoms with Gasteiger partial charge in [-0.1, -0.05) is 12.1 Å². The Balaban J connectivity index is 2.15. The van der Waals surface area contributed by atoms with Crippen molar-refractivity contribution in [1.82, 2.24) is 9.78 Å². The largest absolute Gasteiger partial charge is 0.294 e. The van der Waals surface area contributed by atoms with Crippen LogP contribution < -0.4 is 4.31 Å². The minimum atomic E-state index is -3.70. The van der Waals surface area contributed by atoms with Gasteiger partial charge in [-0.2, -0.15) is 13.5 Å². The molecule has 2 heterocycles. The number of nitrogens with zero attached hydrogens (tertiary/aromatic N) is 3. The van der Waals surface area contributed by atoms with Gasteiger partial charge in [0.05, 0.1) is 11.9 Å². The van der Waals surface area contributed by atoms with Crippen LogP contribution in [-0.2, 0) is 17.1 Å². The number of rotatable bonds is 2. The van der Waals surface area contributed by atoms with Gasteiger partial charge in [-0.15, -0.1) is 0 Å². The molecule has 0 atom stereocenters. The van der Waals surface area contributed by atoms with Crippen LogP contribution in [0.1, 0.15) is 16.8 Å². The lowest BCUT2D eigenvalue weighted by Crippen LogP contribution is -2.38. The van der Waals surface area contributed by atoms with Crippen molar-refractivity contribution >= 4 is 21.5 Å². The van der Waals surface area contributed by atoms with Crippen molar-refractivity contribution in [3.63, 3.8) is 0 Å². The minimum Gasteiger partial charge on any atom is -0.294 e. The minimum absolute atomic E-state index is 0.0305. The van der Waals surface area contributed by atoms with Crippen molar-refractivity contribution in [2.75, 3.05) is 10.8 Å². The van der Waals surface area contributed by atoms with E-state index in [2.05, 4.69) is 5.10 Å². The monoisotopic (exact) mass is 291 g/mol. The lowest BCUT2D eigenvalue weighted by Gasteiger charge is -2.29. The number of aromatic nitrogens is 2. The number of ketones is 1. The molecule has 1 aromatic carbocycles. The molecule has 0 fully saturated rings. The highest BCUT2D eigenvalue weighted by atomic mass is 32.2. The van der Waals surface area contributed by atoms with Gasteiger partial charge >= 0.3 is 0 Å². The number of carbonyl (C=O) groups is 1. The summed E-state index contributed by atoms with van der Waals surface area (Å²) in [6.45, 7) is 0.156. The van der Waals surface area contributed by atoms with E-state index in [-0.39, 0.29) is 23.8 Å². The van der Waals surface area contributed by atoms with E-state index in [4.69, 9.17) is 0 Å². The molecule has 1 aliphatic rings. The first-order valence-electron chi connectivity index (χ1n) is 6.15. The third kappa shape index (κ3) is 1.82. The van der Waals surface area contributed by atoms with Crippen LogP contribution in [0.2, 0.25) is 0 Å². The maximum absolute atomic E-state index is 12.7. The summed E-state index contributed by atoms with van der Waals surface area (Å²) in [6, 6.07) is 8.22. The van der Waals surface area contributed by atoms with Crippen LogP contribution in [0.5, 0.6) is 0 Å². The summed E-state index contributed by atoms with van der Waals surface area (Å²) >= 11 is 0. The highest BCUT2D eigenvalue weighted by Crippen LogP contribution is 2.31. The first-order valence-corrected chi connectivity index (χ1v) is 7.59. The number of anilines is 1. The van der Waals surface area contributed by atoms with E-state index in [1.54, 1.807) is 31.3 Å². The fraction of sp³-hybridized carbons (Fsp3) is 0.231. The molecule has 0 N–H and O–H groups in total. The normalized spacial score (nSPS) is 15.2. The average molecular weight is 291 g/mol. The quantitative estimate of drug-likeness (QED) is 0.833. The van der Waals surface area contributed by atoms with Crippen LogP contribution in [0, 0.1) is 0 Å². The number of benzene rings is 1. The van der Waals surface area contributed by atoms with Gasteiger partial charge in [0.1, 0.15) is 0 Å². The zero-order valence-corrected chi connectivity index (χ0v) is 11.7. The summed E-state index contributed by atoms with van der Waals surface area (Å²) < 4.78 is 28.0. The van der Waals surface area contributed by atoms with Gasteiger partial charge in [0.25, 0.3) is 10.0 Å². The summed E-state index contributed by atoms with van der Waals surface area (Å²) in [7, 11) is -2.13. The molecule has 2 aromatic rings. The Kier molecular flexibility index (Phi) is 2.86. The van der Waals surface area contributed by atoms with Crippen LogP contribution in [0.15, 0.2) is 41.6 Å².